The highest BCUT2D eigenvalue weighted by atomic mass is 35.5. The van der Waals surface area contributed by atoms with E-state index in [4.69, 9.17) is 11.6 Å². The molecule has 0 bridgehead atoms. The van der Waals surface area contributed by atoms with Crippen molar-refractivity contribution in [2.45, 2.75) is 25.0 Å². The van der Waals surface area contributed by atoms with E-state index < -0.39 is 17.5 Å². The summed E-state index contributed by atoms with van der Waals surface area (Å²) in [6, 6.07) is 10.0. The summed E-state index contributed by atoms with van der Waals surface area (Å²) in [5.41, 5.74) is 1.48. The van der Waals surface area contributed by atoms with Crippen molar-refractivity contribution in [3.8, 4) is 0 Å². The van der Waals surface area contributed by atoms with Crippen molar-refractivity contribution in [2.24, 2.45) is 0 Å². The van der Waals surface area contributed by atoms with Crippen molar-refractivity contribution in [3.63, 3.8) is 0 Å². The van der Waals surface area contributed by atoms with Crippen molar-refractivity contribution in [2.75, 3.05) is 18.5 Å². The molecular formula is C22H21ClF2N4O2. The summed E-state index contributed by atoms with van der Waals surface area (Å²) in [5, 5.41) is 16.9. The van der Waals surface area contributed by atoms with Gasteiger partial charge in [0.2, 0.25) is 0 Å². The van der Waals surface area contributed by atoms with Gasteiger partial charge in [0.25, 0.3) is 5.91 Å². The number of likely N-dealkylation sites (tertiary alicyclic amines) is 1. The molecule has 1 amide bonds. The first kappa shape index (κ1) is 21.4. The highest BCUT2D eigenvalue weighted by molar-refractivity contribution is 6.30. The summed E-state index contributed by atoms with van der Waals surface area (Å²) >= 11 is 5.75. The van der Waals surface area contributed by atoms with Crippen LogP contribution in [-0.4, -0.2) is 44.9 Å². The molecule has 1 aromatic heterocycles. The number of halogens is 3. The maximum absolute atomic E-state index is 13.8. The molecule has 1 aliphatic heterocycles. The normalized spacial score (nSPS) is 19.0. The van der Waals surface area contributed by atoms with Crippen LogP contribution in [0.2, 0.25) is 5.02 Å². The molecule has 9 heteroatoms. The van der Waals surface area contributed by atoms with Gasteiger partial charge in [-0.2, -0.15) is 5.10 Å². The number of aromatic nitrogens is 2. The fourth-order valence-electron chi connectivity index (χ4n) is 3.84. The number of amides is 1. The van der Waals surface area contributed by atoms with E-state index in [-0.39, 0.29) is 29.3 Å². The molecule has 6 nitrogen and oxygen atoms in total. The highest BCUT2D eigenvalue weighted by Gasteiger charge is 2.33. The maximum atomic E-state index is 13.8. The first-order chi connectivity index (χ1) is 14.9. The smallest absolute Gasteiger partial charge is 0.255 e. The number of nitrogens with zero attached hydrogens (tertiary/aromatic N) is 3. The number of hydrogen-bond acceptors (Lipinski definition) is 4. The molecule has 0 radical (unpaired) electrons. The summed E-state index contributed by atoms with van der Waals surface area (Å²) in [6.45, 7) is 1.05. The van der Waals surface area contributed by atoms with Crippen molar-refractivity contribution in [1.29, 1.82) is 0 Å². The summed E-state index contributed by atoms with van der Waals surface area (Å²) in [7, 11) is 0. The van der Waals surface area contributed by atoms with Crippen LogP contribution in [-0.2, 0) is 6.54 Å². The van der Waals surface area contributed by atoms with Crippen LogP contribution in [0.4, 0.5) is 14.5 Å². The fourth-order valence-corrected chi connectivity index (χ4v) is 3.96. The zero-order valence-corrected chi connectivity index (χ0v) is 17.3. The van der Waals surface area contributed by atoms with Gasteiger partial charge in [-0.15, -0.1) is 0 Å². The second kappa shape index (κ2) is 9.13. The molecule has 1 aliphatic rings. The highest BCUT2D eigenvalue weighted by Crippen LogP contribution is 2.29. The summed E-state index contributed by atoms with van der Waals surface area (Å²) in [6.07, 6.45) is 3.90. The third kappa shape index (κ3) is 4.92. The number of carbonyl (C=O) groups excluding carboxylic acids is 1. The number of carbonyl (C=O) groups is 1. The van der Waals surface area contributed by atoms with Crippen LogP contribution in [0.1, 0.15) is 28.4 Å². The number of nitrogens with one attached hydrogen (secondary N) is 1. The zero-order valence-electron chi connectivity index (χ0n) is 16.5. The molecule has 1 fully saturated rings. The maximum Gasteiger partial charge on any atom is 0.255 e. The summed E-state index contributed by atoms with van der Waals surface area (Å²) in [5.74, 6) is -1.38. The molecule has 3 aromatic rings. The average molecular weight is 447 g/mol. The Bertz CT molecular complexity index is 1090. The lowest BCUT2D eigenvalue weighted by Gasteiger charge is -2.22. The van der Waals surface area contributed by atoms with Crippen LogP contribution >= 0.6 is 11.6 Å². The van der Waals surface area contributed by atoms with Crippen molar-refractivity contribution < 1.29 is 18.7 Å². The molecule has 0 saturated carbocycles. The van der Waals surface area contributed by atoms with Gasteiger partial charge < -0.3 is 10.4 Å². The zero-order chi connectivity index (χ0) is 22.0. The fraction of sp³-hybridized carbons (Fsp3) is 0.273. The number of anilines is 1. The lowest BCUT2D eigenvalue weighted by atomic mass is 10.1. The minimum atomic E-state index is -0.481. The van der Waals surface area contributed by atoms with Gasteiger partial charge >= 0.3 is 0 Å². The molecule has 2 heterocycles. The van der Waals surface area contributed by atoms with Gasteiger partial charge in [0.1, 0.15) is 11.6 Å². The van der Waals surface area contributed by atoms with Crippen LogP contribution < -0.4 is 5.32 Å². The Labute approximate surface area is 183 Å². The van der Waals surface area contributed by atoms with Crippen LogP contribution in [0.25, 0.3) is 0 Å². The van der Waals surface area contributed by atoms with E-state index in [1.807, 2.05) is 0 Å². The van der Waals surface area contributed by atoms with E-state index in [1.165, 1.54) is 42.6 Å². The van der Waals surface area contributed by atoms with E-state index in [1.54, 1.807) is 16.9 Å². The van der Waals surface area contributed by atoms with Gasteiger partial charge in [-0.25, -0.2) is 8.78 Å². The molecule has 162 valence electrons. The van der Waals surface area contributed by atoms with Gasteiger partial charge in [0.05, 0.1) is 29.6 Å². The molecule has 2 aromatic carbocycles. The van der Waals surface area contributed by atoms with E-state index in [0.29, 0.717) is 25.2 Å². The molecule has 1 saturated heterocycles. The SMILES string of the molecule is O=C(Nc1cnn([C@H]2C[C@@H](CO)N(Cc3ccc(Cl)c(F)c3)C2)c1)c1cccc(F)c1. The quantitative estimate of drug-likeness (QED) is 0.603. The second-order valence-electron chi connectivity index (χ2n) is 7.58. The molecule has 2 atom stereocenters. The Hall–Kier alpha value is -2.81. The molecule has 2 N–H and O–H groups in total. The van der Waals surface area contributed by atoms with E-state index in [0.717, 1.165) is 5.56 Å². The minimum Gasteiger partial charge on any atom is -0.395 e. The number of benzene rings is 2. The number of aliphatic hydroxyl groups excluding tert-OH is 1. The molecule has 0 unspecified atom stereocenters. The van der Waals surface area contributed by atoms with Crippen LogP contribution in [0.3, 0.4) is 0 Å². The lowest BCUT2D eigenvalue weighted by molar-refractivity contribution is 0.102. The Kier molecular flexibility index (Phi) is 6.31. The second-order valence-corrected chi connectivity index (χ2v) is 7.98. The Morgan fingerprint density at radius 1 is 1.26 bits per heavy atom. The first-order valence-corrected chi connectivity index (χ1v) is 10.2. The number of hydrogen-bond donors (Lipinski definition) is 2. The van der Waals surface area contributed by atoms with Crippen LogP contribution in [0, 0.1) is 11.6 Å². The van der Waals surface area contributed by atoms with E-state index in [9.17, 15) is 18.7 Å². The summed E-state index contributed by atoms with van der Waals surface area (Å²) in [4.78, 5) is 14.4. The number of rotatable bonds is 6. The van der Waals surface area contributed by atoms with Gasteiger partial charge in [0.15, 0.2) is 0 Å². The van der Waals surface area contributed by atoms with Gasteiger partial charge in [-0.1, -0.05) is 23.7 Å². The topological polar surface area (TPSA) is 70.4 Å². The average Bonchev–Trinajstić information content (AvgIpc) is 3.37. The standard InChI is InChI=1S/C22H21ClF2N4O2/c23-20-5-4-14(6-21(20)25)10-28-12-18(8-19(28)13-30)29-11-17(9-26-29)27-22(31)15-2-1-3-16(24)7-15/h1-7,9,11,18-19,30H,8,10,12-13H2,(H,27,31)/t18-,19-/m0/s1. The largest absolute Gasteiger partial charge is 0.395 e. The van der Waals surface area contributed by atoms with E-state index in [2.05, 4.69) is 15.3 Å². The summed E-state index contributed by atoms with van der Waals surface area (Å²) < 4.78 is 28.8. The molecule has 0 spiro atoms. The molecule has 31 heavy (non-hydrogen) atoms. The third-order valence-corrected chi connectivity index (χ3v) is 5.71. The van der Waals surface area contributed by atoms with Crippen LogP contribution in [0.15, 0.2) is 54.9 Å². The predicted molar refractivity (Wildman–Crippen MR) is 113 cm³/mol. The van der Waals surface area contributed by atoms with Crippen molar-refractivity contribution >= 4 is 23.2 Å². The lowest BCUT2D eigenvalue weighted by Crippen LogP contribution is -2.31. The van der Waals surface area contributed by atoms with E-state index >= 15 is 0 Å². The van der Waals surface area contributed by atoms with Crippen molar-refractivity contribution in [1.82, 2.24) is 14.7 Å². The third-order valence-electron chi connectivity index (χ3n) is 5.41. The molecular weight excluding hydrogens is 426 g/mol. The van der Waals surface area contributed by atoms with Gasteiger partial charge in [0, 0.05) is 30.9 Å². The molecule has 4 rings (SSSR count). The Morgan fingerprint density at radius 3 is 2.84 bits per heavy atom. The first-order valence-electron chi connectivity index (χ1n) is 9.83. The van der Waals surface area contributed by atoms with Crippen LogP contribution in [0.5, 0.6) is 0 Å². The minimum absolute atomic E-state index is 0.0193. The Morgan fingerprint density at radius 2 is 2.10 bits per heavy atom. The van der Waals surface area contributed by atoms with Gasteiger partial charge in [-0.3, -0.25) is 14.4 Å². The monoisotopic (exact) mass is 446 g/mol. The molecule has 0 aliphatic carbocycles. The predicted octanol–water partition coefficient (Wildman–Crippen LogP) is 3.87. The number of aliphatic hydroxyl groups is 1. The van der Waals surface area contributed by atoms with Crippen molar-refractivity contribution in [3.05, 3.63) is 82.6 Å². The Balaban J connectivity index is 1.42. The van der Waals surface area contributed by atoms with Gasteiger partial charge in [-0.05, 0) is 42.3 Å².